The van der Waals surface area contributed by atoms with E-state index in [4.69, 9.17) is 9.84 Å². The topological polar surface area (TPSA) is 83.9 Å². The highest BCUT2D eigenvalue weighted by Crippen LogP contribution is 2.33. The smallest absolute Gasteiger partial charge is 0.341 e. The van der Waals surface area contributed by atoms with Gasteiger partial charge >= 0.3 is 5.97 Å². The molecule has 138 valence electrons. The van der Waals surface area contributed by atoms with Crippen LogP contribution < -0.4 is 4.74 Å². The lowest BCUT2D eigenvalue weighted by atomic mass is 10.2. The average Bonchev–Trinajstić information content (AvgIpc) is 2.90. The van der Waals surface area contributed by atoms with Gasteiger partial charge in [-0.2, -0.15) is 0 Å². The quantitative estimate of drug-likeness (QED) is 0.764. The van der Waals surface area contributed by atoms with Crippen LogP contribution in [0.4, 0.5) is 9.18 Å². The largest absolute Gasteiger partial charge is 0.482 e. The zero-order valence-corrected chi connectivity index (χ0v) is 14.7. The number of hydrogen-bond donors (Lipinski definition) is 1. The van der Waals surface area contributed by atoms with Crippen molar-refractivity contribution in [2.75, 3.05) is 6.61 Å². The Hall–Kier alpha value is -3.13. The molecule has 0 aromatic heterocycles. The molecule has 0 bridgehead atoms. The van der Waals surface area contributed by atoms with E-state index >= 15 is 0 Å². The first-order valence-electron chi connectivity index (χ1n) is 7.87. The second-order valence-corrected chi connectivity index (χ2v) is 6.64. The number of rotatable bonds is 6. The number of ether oxygens (including phenoxy) is 1. The van der Waals surface area contributed by atoms with Crippen molar-refractivity contribution in [2.45, 2.75) is 6.54 Å². The first-order valence-corrected chi connectivity index (χ1v) is 8.68. The molecule has 2 amide bonds. The summed E-state index contributed by atoms with van der Waals surface area (Å²) >= 11 is 0.833. The molecule has 0 aliphatic carbocycles. The Bertz CT molecular complexity index is 909. The molecule has 6 nitrogen and oxygen atoms in total. The first kappa shape index (κ1) is 18.7. The maximum absolute atomic E-state index is 13.0. The van der Waals surface area contributed by atoms with Gasteiger partial charge in [-0.25, -0.2) is 9.18 Å². The number of halogens is 1. The number of benzene rings is 2. The minimum Gasteiger partial charge on any atom is -0.482 e. The summed E-state index contributed by atoms with van der Waals surface area (Å²) in [7, 11) is 0. The molecule has 1 N–H and O–H groups in total. The van der Waals surface area contributed by atoms with Gasteiger partial charge < -0.3 is 9.84 Å². The van der Waals surface area contributed by atoms with Gasteiger partial charge in [0.05, 0.1) is 11.4 Å². The van der Waals surface area contributed by atoms with E-state index in [1.54, 1.807) is 30.3 Å². The molecule has 1 heterocycles. The maximum Gasteiger partial charge on any atom is 0.341 e. The number of hydrogen-bond acceptors (Lipinski definition) is 5. The average molecular weight is 387 g/mol. The van der Waals surface area contributed by atoms with Crippen molar-refractivity contribution in [3.8, 4) is 5.75 Å². The molecular weight excluding hydrogens is 373 g/mol. The highest BCUT2D eigenvalue weighted by atomic mass is 32.2. The molecule has 0 atom stereocenters. The Morgan fingerprint density at radius 3 is 2.41 bits per heavy atom. The van der Waals surface area contributed by atoms with Gasteiger partial charge in [0.2, 0.25) is 0 Å². The Morgan fingerprint density at radius 2 is 1.78 bits per heavy atom. The maximum atomic E-state index is 13.0. The van der Waals surface area contributed by atoms with Crippen LogP contribution in [-0.4, -0.2) is 33.7 Å². The van der Waals surface area contributed by atoms with E-state index < -0.39 is 23.7 Å². The third kappa shape index (κ3) is 4.73. The lowest BCUT2D eigenvalue weighted by Gasteiger charge is -2.12. The van der Waals surface area contributed by atoms with Crippen molar-refractivity contribution >= 4 is 35.0 Å². The highest BCUT2D eigenvalue weighted by Gasteiger charge is 2.34. The number of carbonyl (C=O) groups excluding carboxylic acids is 2. The Labute approximate surface area is 158 Å². The van der Waals surface area contributed by atoms with Crippen molar-refractivity contribution in [3.05, 3.63) is 70.4 Å². The molecule has 0 spiro atoms. The van der Waals surface area contributed by atoms with Gasteiger partial charge in [-0.1, -0.05) is 24.3 Å². The van der Waals surface area contributed by atoms with Crippen LogP contribution in [0.5, 0.6) is 5.75 Å². The van der Waals surface area contributed by atoms with Crippen LogP contribution in [0.1, 0.15) is 11.1 Å². The van der Waals surface area contributed by atoms with Crippen LogP contribution in [0.25, 0.3) is 6.08 Å². The summed E-state index contributed by atoms with van der Waals surface area (Å²) in [6, 6.07) is 12.1. The number of carbonyl (C=O) groups is 3. The Kier molecular flexibility index (Phi) is 5.56. The minimum atomic E-state index is -1.08. The normalized spacial score (nSPS) is 15.4. The zero-order chi connectivity index (χ0) is 19.4. The number of amides is 2. The van der Waals surface area contributed by atoms with Gasteiger partial charge in [-0.15, -0.1) is 0 Å². The minimum absolute atomic E-state index is 0.0737. The third-order valence-corrected chi connectivity index (χ3v) is 4.58. The van der Waals surface area contributed by atoms with E-state index in [1.807, 2.05) is 0 Å². The number of imide groups is 1. The fourth-order valence-electron chi connectivity index (χ4n) is 2.37. The van der Waals surface area contributed by atoms with Crippen molar-refractivity contribution in [3.63, 3.8) is 0 Å². The zero-order valence-electron chi connectivity index (χ0n) is 13.9. The van der Waals surface area contributed by atoms with Gasteiger partial charge in [0.25, 0.3) is 11.1 Å². The van der Waals surface area contributed by atoms with E-state index in [2.05, 4.69) is 0 Å². The number of thioether (sulfide) groups is 1. The van der Waals surface area contributed by atoms with Crippen molar-refractivity contribution in [1.82, 2.24) is 4.90 Å². The van der Waals surface area contributed by atoms with Crippen LogP contribution in [0.2, 0.25) is 0 Å². The predicted octanol–water partition coefficient (Wildman–Crippen LogP) is 3.53. The Morgan fingerprint density at radius 1 is 1.11 bits per heavy atom. The molecular formula is C19H14FNO5S. The van der Waals surface area contributed by atoms with Crippen LogP contribution in [0.15, 0.2) is 53.4 Å². The molecule has 1 saturated heterocycles. The molecule has 0 unspecified atom stereocenters. The van der Waals surface area contributed by atoms with Gasteiger partial charge in [-0.05, 0) is 53.2 Å². The molecule has 1 aliphatic rings. The monoisotopic (exact) mass is 387 g/mol. The van der Waals surface area contributed by atoms with Crippen molar-refractivity contribution in [1.29, 1.82) is 0 Å². The lowest BCUT2D eigenvalue weighted by Crippen LogP contribution is -2.27. The summed E-state index contributed by atoms with van der Waals surface area (Å²) in [5.41, 5.74) is 1.32. The first-order chi connectivity index (χ1) is 12.9. The molecule has 3 rings (SSSR count). The second kappa shape index (κ2) is 8.05. The predicted molar refractivity (Wildman–Crippen MR) is 97.5 cm³/mol. The number of carboxylic acids is 1. The standard InChI is InChI=1S/C19H14FNO5S/c20-14-5-1-13(2-6-14)10-21-18(24)16(27-19(21)25)9-12-3-7-15(8-4-12)26-11-17(22)23/h1-9H,10-11H2,(H,22,23)/b16-9+. The SMILES string of the molecule is O=C(O)COc1ccc(/C=C2/SC(=O)N(Cc3ccc(F)cc3)C2=O)cc1. The van der Waals surface area contributed by atoms with Gasteiger partial charge in [0.1, 0.15) is 11.6 Å². The fraction of sp³-hybridized carbons (Fsp3) is 0.105. The molecule has 0 radical (unpaired) electrons. The number of aliphatic carboxylic acids is 1. The van der Waals surface area contributed by atoms with E-state index in [0.717, 1.165) is 16.7 Å². The Balaban J connectivity index is 1.70. The summed E-state index contributed by atoms with van der Waals surface area (Å²) < 4.78 is 18.0. The van der Waals surface area contributed by atoms with Gasteiger partial charge in [0, 0.05) is 0 Å². The molecule has 8 heteroatoms. The summed E-state index contributed by atoms with van der Waals surface area (Å²) in [6.45, 7) is -0.369. The van der Waals surface area contributed by atoms with Crippen molar-refractivity contribution < 1.29 is 28.6 Å². The summed E-state index contributed by atoms with van der Waals surface area (Å²) in [6.07, 6.45) is 1.58. The molecule has 1 fully saturated rings. The van der Waals surface area contributed by atoms with Crippen LogP contribution in [0, 0.1) is 5.82 Å². The molecule has 1 aliphatic heterocycles. The molecule has 27 heavy (non-hydrogen) atoms. The number of nitrogens with zero attached hydrogens (tertiary/aromatic N) is 1. The fourth-order valence-corrected chi connectivity index (χ4v) is 3.20. The van der Waals surface area contributed by atoms with E-state index in [-0.39, 0.29) is 17.3 Å². The summed E-state index contributed by atoms with van der Waals surface area (Å²) in [5, 5.41) is 8.20. The van der Waals surface area contributed by atoms with E-state index in [9.17, 15) is 18.8 Å². The summed E-state index contributed by atoms with van der Waals surface area (Å²) in [4.78, 5) is 36.5. The third-order valence-electron chi connectivity index (χ3n) is 3.67. The van der Waals surface area contributed by atoms with Crippen LogP contribution in [-0.2, 0) is 16.1 Å². The molecule has 2 aromatic carbocycles. The van der Waals surface area contributed by atoms with Crippen LogP contribution in [0.3, 0.4) is 0 Å². The number of carboxylic acid groups (broad SMARTS) is 1. The highest BCUT2D eigenvalue weighted by molar-refractivity contribution is 8.18. The lowest BCUT2D eigenvalue weighted by molar-refractivity contribution is -0.139. The van der Waals surface area contributed by atoms with E-state index in [1.165, 1.54) is 24.3 Å². The van der Waals surface area contributed by atoms with Crippen molar-refractivity contribution in [2.24, 2.45) is 0 Å². The molecule has 2 aromatic rings. The van der Waals surface area contributed by atoms with Gasteiger partial charge in [-0.3, -0.25) is 14.5 Å². The van der Waals surface area contributed by atoms with E-state index in [0.29, 0.717) is 16.9 Å². The second-order valence-electron chi connectivity index (χ2n) is 5.65. The van der Waals surface area contributed by atoms with Crippen LogP contribution >= 0.6 is 11.8 Å². The molecule has 0 saturated carbocycles. The van der Waals surface area contributed by atoms with Gasteiger partial charge in [0.15, 0.2) is 6.61 Å². The summed E-state index contributed by atoms with van der Waals surface area (Å²) in [5.74, 6) is -1.49.